The predicted molar refractivity (Wildman–Crippen MR) is 125 cm³/mol. The topological polar surface area (TPSA) is 64.1 Å². The van der Waals surface area contributed by atoms with Crippen molar-refractivity contribution in [3.8, 4) is 0 Å². The number of nitrogens with zero attached hydrogens (tertiary/aromatic N) is 1. The zero-order valence-electron chi connectivity index (χ0n) is 16.8. The molecule has 1 fully saturated rings. The minimum absolute atomic E-state index is 0. The van der Waals surface area contributed by atoms with Gasteiger partial charge in [0.15, 0.2) is 5.96 Å². The van der Waals surface area contributed by atoms with Gasteiger partial charge >= 0.3 is 0 Å². The molecule has 1 aliphatic rings. The highest BCUT2D eigenvalue weighted by molar-refractivity contribution is 14.0. The van der Waals surface area contributed by atoms with Crippen molar-refractivity contribution in [3.05, 3.63) is 34.9 Å². The number of ether oxygens (including phenoxy) is 3. The van der Waals surface area contributed by atoms with Crippen molar-refractivity contribution in [2.75, 3.05) is 60.3 Å². The number of halogens is 2. The molecule has 160 valence electrons. The van der Waals surface area contributed by atoms with Gasteiger partial charge < -0.3 is 24.8 Å². The van der Waals surface area contributed by atoms with Gasteiger partial charge in [-0.2, -0.15) is 0 Å². The first-order chi connectivity index (χ1) is 13.2. The number of guanidine groups is 1. The van der Waals surface area contributed by atoms with E-state index in [0.717, 1.165) is 56.5 Å². The molecule has 2 N–H and O–H groups in total. The van der Waals surface area contributed by atoms with Crippen LogP contribution in [0.4, 0.5) is 0 Å². The number of hydrogen-bond donors (Lipinski definition) is 2. The fraction of sp³-hybridized carbons (Fsp3) is 0.650. The summed E-state index contributed by atoms with van der Waals surface area (Å²) in [6.07, 6.45) is 2.84. The van der Waals surface area contributed by atoms with Crippen LogP contribution >= 0.6 is 35.6 Å². The Morgan fingerprint density at radius 2 is 2.00 bits per heavy atom. The van der Waals surface area contributed by atoms with Crippen molar-refractivity contribution in [2.24, 2.45) is 4.99 Å². The third kappa shape index (κ3) is 8.41. The molecule has 8 heteroatoms. The molecule has 0 aromatic heterocycles. The van der Waals surface area contributed by atoms with E-state index >= 15 is 0 Å². The monoisotopic (exact) mass is 525 g/mol. The fourth-order valence-corrected chi connectivity index (χ4v) is 3.44. The van der Waals surface area contributed by atoms with Crippen molar-refractivity contribution in [2.45, 2.75) is 24.7 Å². The van der Waals surface area contributed by atoms with Crippen molar-refractivity contribution in [1.82, 2.24) is 10.6 Å². The molecular weight excluding hydrogens is 493 g/mol. The summed E-state index contributed by atoms with van der Waals surface area (Å²) in [5.41, 5.74) is 1.26. The minimum Gasteiger partial charge on any atom is -0.382 e. The van der Waals surface area contributed by atoms with Crippen LogP contribution in [0.5, 0.6) is 0 Å². The lowest BCUT2D eigenvalue weighted by Crippen LogP contribution is -2.48. The average Bonchev–Trinajstić information content (AvgIpc) is 2.70. The third-order valence-corrected chi connectivity index (χ3v) is 5.13. The number of hydrogen-bond acceptors (Lipinski definition) is 4. The molecule has 1 saturated heterocycles. The largest absolute Gasteiger partial charge is 0.382 e. The average molecular weight is 526 g/mol. The van der Waals surface area contributed by atoms with Crippen LogP contribution in [0.2, 0.25) is 5.02 Å². The molecule has 28 heavy (non-hydrogen) atoms. The third-order valence-electron chi connectivity index (χ3n) is 4.89. The van der Waals surface area contributed by atoms with Crippen molar-refractivity contribution >= 4 is 41.5 Å². The van der Waals surface area contributed by atoms with Gasteiger partial charge in [-0.25, -0.2) is 0 Å². The maximum Gasteiger partial charge on any atom is 0.191 e. The standard InChI is InChI=1S/C20H32ClN3O3.HI/c1-22-19(23-9-4-10-26-14-13-25-2)24-16-20(7-11-27-12-8-20)17-5-3-6-18(21)15-17;/h3,5-6,15H,4,7-14,16H2,1-2H3,(H2,22,23,24);1H. The fourth-order valence-electron chi connectivity index (χ4n) is 3.25. The highest BCUT2D eigenvalue weighted by atomic mass is 127. The summed E-state index contributed by atoms with van der Waals surface area (Å²) in [5.74, 6) is 0.805. The van der Waals surface area contributed by atoms with Crippen LogP contribution < -0.4 is 10.6 Å². The van der Waals surface area contributed by atoms with Crippen LogP contribution in [0.3, 0.4) is 0 Å². The van der Waals surface area contributed by atoms with Gasteiger partial charge in [-0.3, -0.25) is 4.99 Å². The van der Waals surface area contributed by atoms with Crippen LogP contribution in [0, 0.1) is 0 Å². The van der Waals surface area contributed by atoms with Crippen LogP contribution in [-0.2, 0) is 19.6 Å². The zero-order chi connectivity index (χ0) is 19.4. The Bertz CT molecular complexity index is 584. The normalized spacial score (nSPS) is 16.3. The number of rotatable bonds is 10. The highest BCUT2D eigenvalue weighted by Gasteiger charge is 2.34. The van der Waals surface area contributed by atoms with Gasteiger partial charge in [0.2, 0.25) is 0 Å². The lowest BCUT2D eigenvalue weighted by Gasteiger charge is -2.38. The van der Waals surface area contributed by atoms with Crippen molar-refractivity contribution in [1.29, 1.82) is 0 Å². The summed E-state index contributed by atoms with van der Waals surface area (Å²) >= 11 is 6.24. The van der Waals surface area contributed by atoms with E-state index in [9.17, 15) is 0 Å². The van der Waals surface area contributed by atoms with Crippen LogP contribution in [0.1, 0.15) is 24.8 Å². The van der Waals surface area contributed by atoms with Gasteiger partial charge in [0.25, 0.3) is 0 Å². The lowest BCUT2D eigenvalue weighted by molar-refractivity contribution is 0.0513. The van der Waals surface area contributed by atoms with Gasteiger partial charge in [-0.1, -0.05) is 23.7 Å². The van der Waals surface area contributed by atoms with E-state index < -0.39 is 0 Å². The maximum atomic E-state index is 6.24. The van der Waals surface area contributed by atoms with Crippen LogP contribution in [0.15, 0.2) is 29.3 Å². The second kappa shape index (κ2) is 14.4. The number of benzene rings is 1. The summed E-state index contributed by atoms with van der Waals surface area (Å²) < 4.78 is 16.0. The molecule has 0 radical (unpaired) electrons. The Labute approximate surface area is 190 Å². The first-order valence-electron chi connectivity index (χ1n) is 9.55. The lowest BCUT2D eigenvalue weighted by atomic mass is 9.74. The molecule has 0 aliphatic carbocycles. The molecule has 0 amide bonds. The Morgan fingerprint density at radius 3 is 2.68 bits per heavy atom. The van der Waals surface area contributed by atoms with E-state index in [-0.39, 0.29) is 29.4 Å². The van der Waals surface area contributed by atoms with E-state index in [0.29, 0.717) is 19.8 Å². The summed E-state index contributed by atoms with van der Waals surface area (Å²) in [6, 6.07) is 8.17. The van der Waals surface area contributed by atoms with Gasteiger partial charge in [0.05, 0.1) is 13.2 Å². The molecule has 1 aromatic rings. The SMILES string of the molecule is CN=C(NCCCOCCOC)NCC1(c2cccc(Cl)c2)CCOCC1.I. The van der Waals surface area contributed by atoms with E-state index in [1.54, 1.807) is 14.2 Å². The Kier molecular flexibility index (Phi) is 13.1. The van der Waals surface area contributed by atoms with Gasteiger partial charge in [0.1, 0.15) is 0 Å². The zero-order valence-corrected chi connectivity index (χ0v) is 19.9. The quantitative estimate of drug-likeness (QED) is 0.213. The van der Waals surface area contributed by atoms with Gasteiger partial charge in [0, 0.05) is 57.5 Å². The second-order valence-corrected chi connectivity index (χ2v) is 7.15. The molecule has 1 aromatic carbocycles. The number of aliphatic imine (C=N–C) groups is 1. The molecular formula is C20H33ClIN3O3. The van der Waals surface area contributed by atoms with Crippen molar-refractivity contribution in [3.63, 3.8) is 0 Å². The Morgan fingerprint density at radius 1 is 1.21 bits per heavy atom. The molecule has 0 unspecified atom stereocenters. The molecule has 0 atom stereocenters. The van der Waals surface area contributed by atoms with E-state index in [1.807, 2.05) is 12.1 Å². The van der Waals surface area contributed by atoms with E-state index in [4.69, 9.17) is 25.8 Å². The molecule has 0 bridgehead atoms. The predicted octanol–water partition coefficient (Wildman–Crippen LogP) is 3.22. The first kappa shape index (κ1) is 25.4. The maximum absolute atomic E-state index is 6.24. The number of nitrogens with one attached hydrogen (secondary N) is 2. The molecule has 1 aliphatic heterocycles. The van der Waals surface area contributed by atoms with Crippen molar-refractivity contribution < 1.29 is 14.2 Å². The van der Waals surface area contributed by atoms with E-state index in [2.05, 4.69) is 27.8 Å². The minimum atomic E-state index is 0. The molecule has 0 saturated carbocycles. The summed E-state index contributed by atoms with van der Waals surface area (Å²) in [6.45, 7) is 5.09. The summed E-state index contributed by atoms with van der Waals surface area (Å²) in [4.78, 5) is 4.34. The Balaban J connectivity index is 0.00000392. The van der Waals surface area contributed by atoms with Gasteiger partial charge in [-0.15, -0.1) is 24.0 Å². The van der Waals surface area contributed by atoms with Gasteiger partial charge in [-0.05, 0) is 37.0 Å². The second-order valence-electron chi connectivity index (χ2n) is 6.71. The molecule has 1 heterocycles. The summed E-state index contributed by atoms with van der Waals surface area (Å²) in [7, 11) is 3.47. The number of methoxy groups -OCH3 is 1. The smallest absolute Gasteiger partial charge is 0.191 e. The van der Waals surface area contributed by atoms with Crippen LogP contribution in [-0.4, -0.2) is 66.2 Å². The molecule has 0 spiro atoms. The van der Waals surface area contributed by atoms with E-state index in [1.165, 1.54) is 5.56 Å². The summed E-state index contributed by atoms with van der Waals surface area (Å²) in [5, 5.41) is 7.61. The molecule has 2 rings (SSSR count). The Hall–Kier alpha value is -0.610. The first-order valence-corrected chi connectivity index (χ1v) is 9.93. The van der Waals surface area contributed by atoms with Crippen LogP contribution in [0.25, 0.3) is 0 Å². The highest BCUT2D eigenvalue weighted by Crippen LogP contribution is 2.35. The molecule has 6 nitrogen and oxygen atoms in total.